The maximum Gasteiger partial charge on any atom is 0.222 e. The van der Waals surface area contributed by atoms with Gasteiger partial charge in [0.1, 0.15) is 4.75 Å². The van der Waals surface area contributed by atoms with Gasteiger partial charge in [-0.3, -0.25) is 9.78 Å². The fourth-order valence-electron chi connectivity index (χ4n) is 4.04. The molecule has 0 aliphatic carbocycles. The van der Waals surface area contributed by atoms with Gasteiger partial charge >= 0.3 is 0 Å². The molecule has 2 aliphatic rings. The minimum Gasteiger partial charge on any atom is -0.375 e. The van der Waals surface area contributed by atoms with Crippen molar-refractivity contribution in [2.75, 3.05) is 25.4 Å². The van der Waals surface area contributed by atoms with Crippen LogP contribution in [0.15, 0.2) is 18.2 Å². The summed E-state index contributed by atoms with van der Waals surface area (Å²) < 4.78 is 30.4. The highest BCUT2D eigenvalue weighted by atomic mass is 32.2. The lowest BCUT2D eigenvalue weighted by Gasteiger charge is -2.50. The van der Waals surface area contributed by atoms with Gasteiger partial charge in [-0.05, 0) is 37.8 Å². The van der Waals surface area contributed by atoms with Crippen LogP contribution in [0, 0.1) is 18.8 Å². The van der Waals surface area contributed by atoms with E-state index in [0.29, 0.717) is 45.1 Å². The minimum absolute atomic E-state index is 0.0542. The molecule has 3 heterocycles. The monoisotopic (exact) mass is 394 g/mol. The van der Waals surface area contributed by atoms with Crippen LogP contribution in [-0.2, 0) is 26.0 Å². The maximum absolute atomic E-state index is 12.7. The summed E-state index contributed by atoms with van der Waals surface area (Å²) in [7, 11) is -3.19. The molecule has 3 rings (SSSR count). The number of carbonyl (C=O) groups is 1. The van der Waals surface area contributed by atoms with Gasteiger partial charge in [-0.25, -0.2) is 8.42 Å². The first-order valence-corrected chi connectivity index (χ1v) is 11.4. The van der Waals surface area contributed by atoms with Gasteiger partial charge in [0.15, 0.2) is 9.84 Å². The summed E-state index contributed by atoms with van der Waals surface area (Å²) in [6, 6.07) is 5.78. The topological polar surface area (TPSA) is 76.6 Å². The first-order chi connectivity index (χ1) is 12.7. The lowest BCUT2D eigenvalue weighted by molar-refractivity contribution is -0.138. The second-order valence-corrected chi connectivity index (χ2v) is 10.8. The molecule has 2 fully saturated rings. The zero-order valence-electron chi connectivity index (χ0n) is 16.5. The highest BCUT2D eigenvalue weighted by Gasteiger charge is 2.62. The molecule has 7 heteroatoms. The molecule has 150 valence electrons. The van der Waals surface area contributed by atoms with Gasteiger partial charge in [0.2, 0.25) is 5.91 Å². The number of sulfone groups is 1. The van der Waals surface area contributed by atoms with Gasteiger partial charge in [-0.15, -0.1) is 0 Å². The summed E-state index contributed by atoms with van der Waals surface area (Å²) >= 11 is 0. The first kappa shape index (κ1) is 20.3. The van der Waals surface area contributed by atoms with Gasteiger partial charge in [-0.2, -0.15) is 0 Å². The number of likely N-dealkylation sites (tertiary alicyclic amines) is 1. The van der Waals surface area contributed by atoms with Crippen molar-refractivity contribution in [3.8, 4) is 0 Å². The Hall–Kier alpha value is -1.47. The SMILES string of the molecule is Cc1cccc(COC[C@@H]2CCS(=O)(=O)C23CN(C(=O)CCC(C)C)C3)n1. The van der Waals surface area contributed by atoms with Crippen LogP contribution >= 0.6 is 0 Å². The first-order valence-electron chi connectivity index (χ1n) is 9.74. The van der Waals surface area contributed by atoms with E-state index in [0.717, 1.165) is 17.8 Å². The predicted molar refractivity (Wildman–Crippen MR) is 104 cm³/mol. The smallest absolute Gasteiger partial charge is 0.222 e. The number of hydrogen-bond donors (Lipinski definition) is 0. The fraction of sp³-hybridized carbons (Fsp3) is 0.700. The molecular formula is C20H30N2O4S. The van der Waals surface area contributed by atoms with E-state index in [1.54, 1.807) is 4.90 Å². The third-order valence-electron chi connectivity index (χ3n) is 5.82. The fourth-order valence-corrected chi connectivity index (χ4v) is 6.44. The highest BCUT2D eigenvalue weighted by Crippen LogP contribution is 2.45. The van der Waals surface area contributed by atoms with Gasteiger partial charge < -0.3 is 9.64 Å². The molecule has 0 saturated carbocycles. The molecule has 1 aromatic rings. The van der Waals surface area contributed by atoms with Crippen LogP contribution in [-0.4, -0.2) is 54.4 Å². The zero-order valence-corrected chi connectivity index (χ0v) is 17.3. The number of pyridine rings is 1. The molecule has 0 aromatic carbocycles. The molecule has 1 amide bonds. The number of carbonyl (C=O) groups excluding carboxylic acids is 1. The van der Waals surface area contributed by atoms with Gasteiger partial charge in [0.25, 0.3) is 0 Å². The van der Waals surface area contributed by atoms with E-state index in [4.69, 9.17) is 4.74 Å². The van der Waals surface area contributed by atoms with E-state index < -0.39 is 14.6 Å². The van der Waals surface area contributed by atoms with E-state index in [1.165, 1.54) is 0 Å². The largest absolute Gasteiger partial charge is 0.375 e. The van der Waals surface area contributed by atoms with Crippen molar-refractivity contribution in [2.24, 2.45) is 11.8 Å². The quantitative estimate of drug-likeness (QED) is 0.710. The molecule has 0 bridgehead atoms. The summed E-state index contributed by atoms with van der Waals surface area (Å²) in [6.45, 7) is 7.52. The Morgan fingerprint density at radius 1 is 1.37 bits per heavy atom. The third kappa shape index (κ3) is 4.19. The van der Waals surface area contributed by atoms with Crippen molar-refractivity contribution in [3.05, 3.63) is 29.6 Å². The summed E-state index contributed by atoms with van der Waals surface area (Å²) in [4.78, 5) is 18.4. The summed E-state index contributed by atoms with van der Waals surface area (Å²) in [5.74, 6) is 0.676. The Morgan fingerprint density at radius 3 is 2.78 bits per heavy atom. The van der Waals surface area contributed by atoms with Crippen molar-refractivity contribution >= 4 is 15.7 Å². The lowest BCUT2D eigenvalue weighted by Crippen LogP contribution is -2.68. The van der Waals surface area contributed by atoms with Gasteiger partial charge in [0.05, 0.1) is 24.7 Å². The van der Waals surface area contributed by atoms with E-state index in [-0.39, 0.29) is 17.6 Å². The molecule has 2 aliphatic heterocycles. The van der Waals surface area contributed by atoms with Crippen LogP contribution in [0.2, 0.25) is 0 Å². The van der Waals surface area contributed by atoms with E-state index in [1.807, 2.05) is 25.1 Å². The van der Waals surface area contributed by atoms with Crippen molar-refractivity contribution in [2.45, 2.75) is 51.4 Å². The highest BCUT2D eigenvalue weighted by molar-refractivity contribution is 7.93. The molecule has 0 unspecified atom stereocenters. The molecule has 0 N–H and O–H groups in total. The molecular weight excluding hydrogens is 364 g/mol. The summed E-state index contributed by atoms with van der Waals surface area (Å²) in [6.07, 6.45) is 1.94. The number of aromatic nitrogens is 1. The van der Waals surface area contributed by atoms with Crippen LogP contribution in [0.3, 0.4) is 0 Å². The maximum atomic E-state index is 12.7. The number of amides is 1. The van der Waals surface area contributed by atoms with E-state index in [2.05, 4.69) is 18.8 Å². The number of hydrogen-bond acceptors (Lipinski definition) is 5. The number of ether oxygens (including phenoxy) is 1. The number of nitrogens with zero attached hydrogens (tertiary/aromatic N) is 2. The van der Waals surface area contributed by atoms with Crippen molar-refractivity contribution in [3.63, 3.8) is 0 Å². The second kappa shape index (κ2) is 7.87. The second-order valence-electron chi connectivity index (χ2n) is 8.34. The van der Waals surface area contributed by atoms with Gasteiger partial charge in [-0.1, -0.05) is 19.9 Å². The summed E-state index contributed by atoms with van der Waals surface area (Å²) in [5, 5.41) is 0. The van der Waals surface area contributed by atoms with E-state index in [9.17, 15) is 13.2 Å². The van der Waals surface area contributed by atoms with Crippen molar-refractivity contribution in [1.29, 1.82) is 0 Å². The predicted octanol–water partition coefficient (Wildman–Crippen LogP) is 2.36. The zero-order chi connectivity index (χ0) is 19.7. The Morgan fingerprint density at radius 2 is 2.11 bits per heavy atom. The molecule has 6 nitrogen and oxygen atoms in total. The Balaban J connectivity index is 1.57. The normalized spacial score (nSPS) is 23.0. The van der Waals surface area contributed by atoms with Crippen molar-refractivity contribution < 1.29 is 17.9 Å². The Kier molecular flexibility index (Phi) is 5.91. The van der Waals surface area contributed by atoms with Crippen molar-refractivity contribution in [1.82, 2.24) is 9.88 Å². The third-order valence-corrected chi connectivity index (χ3v) is 8.42. The Bertz CT molecular complexity index is 785. The van der Waals surface area contributed by atoms with E-state index >= 15 is 0 Å². The average molecular weight is 395 g/mol. The molecule has 1 aromatic heterocycles. The van der Waals surface area contributed by atoms with Crippen LogP contribution in [0.25, 0.3) is 0 Å². The lowest BCUT2D eigenvalue weighted by atomic mass is 9.83. The molecule has 1 spiro atoms. The van der Waals surface area contributed by atoms with Gasteiger partial charge in [0, 0.05) is 31.1 Å². The van der Waals surface area contributed by atoms with Crippen LogP contribution < -0.4 is 0 Å². The molecule has 2 saturated heterocycles. The summed E-state index contributed by atoms with van der Waals surface area (Å²) in [5.41, 5.74) is 1.79. The molecule has 0 radical (unpaired) electrons. The van der Waals surface area contributed by atoms with Crippen LogP contribution in [0.5, 0.6) is 0 Å². The average Bonchev–Trinajstić information content (AvgIpc) is 2.82. The van der Waals surface area contributed by atoms with Crippen LogP contribution in [0.1, 0.15) is 44.5 Å². The minimum atomic E-state index is -3.19. The molecule has 27 heavy (non-hydrogen) atoms. The van der Waals surface area contributed by atoms with Crippen LogP contribution in [0.4, 0.5) is 0 Å². The number of aryl methyl sites for hydroxylation is 1. The standard InChI is InChI=1S/C20H30N2O4S/c1-15(2)7-8-19(23)22-13-20(14-22)17(9-10-27(20,24)25)11-26-12-18-6-4-5-16(3)21-18/h4-6,15,17H,7-14H2,1-3H3/t17-/m0/s1. The Labute approximate surface area is 162 Å². The molecule has 1 atom stereocenters. The number of rotatable bonds is 7.